The predicted molar refractivity (Wildman–Crippen MR) is 126 cm³/mol. The number of nitrogens with one attached hydrogen (secondary N) is 1. The van der Waals surface area contributed by atoms with Crippen LogP contribution in [0.5, 0.6) is 0 Å². The standard InChI is InChI=1S/C21H25BrClN3O4S/c1-4-24-21(28)15(2)25(13-16-7-5-9-18(23)11-16)20(27)14-26(31(3,29)30)19-10-6-8-17(22)12-19/h5-12,15H,4,13-14H2,1-3H3,(H,24,28)/t15-/m0/s1. The summed E-state index contributed by atoms with van der Waals surface area (Å²) in [4.78, 5) is 27.1. The molecular formula is C21H25BrClN3O4S. The molecule has 2 amide bonds. The minimum atomic E-state index is -3.76. The van der Waals surface area contributed by atoms with Gasteiger partial charge in [0.1, 0.15) is 12.6 Å². The molecule has 0 aliphatic carbocycles. The van der Waals surface area contributed by atoms with Gasteiger partial charge in [-0.1, -0.05) is 45.7 Å². The number of rotatable bonds is 9. The highest BCUT2D eigenvalue weighted by molar-refractivity contribution is 9.10. The molecule has 0 saturated heterocycles. The van der Waals surface area contributed by atoms with Gasteiger partial charge in [0.05, 0.1) is 11.9 Å². The van der Waals surface area contributed by atoms with Gasteiger partial charge in [0.25, 0.3) is 0 Å². The zero-order valence-corrected chi connectivity index (χ0v) is 20.7. The second kappa shape index (κ2) is 11.0. The Hall–Kier alpha value is -2.10. The van der Waals surface area contributed by atoms with Crippen molar-refractivity contribution in [2.75, 3.05) is 23.7 Å². The van der Waals surface area contributed by atoms with E-state index in [1.54, 1.807) is 62.4 Å². The predicted octanol–water partition coefficient (Wildman–Crippen LogP) is 3.42. The van der Waals surface area contributed by atoms with E-state index in [4.69, 9.17) is 11.6 Å². The van der Waals surface area contributed by atoms with Gasteiger partial charge in [-0.15, -0.1) is 0 Å². The van der Waals surface area contributed by atoms with Crippen molar-refractivity contribution in [2.45, 2.75) is 26.4 Å². The lowest BCUT2D eigenvalue weighted by Gasteiger charge is -2.31. The van der Waals surface area contributed by atoms with Gasteiger partial charge < -0.3 is 10.2 Å². The second-order valence-corrected chi connectivity index (χ2v) is 10.2. The molecule has 31 heavy (non-hydrogen) atoms. The smallest absolute Gasteiger partial charge is 0.244 e. The fraction of sp³-hybridized carbons (Fsp3) is 0.333. The molecule has 2 aromatic carbocycles. The maximum Gasteiger partial charge on any atom is 0.244 e. The van der Waals surface area contributed by atoms with Crippen molar-refractivity contribution in [3.63, 3.8) is 0 Å². The van der Waals surface area contributed by atoms with E-state index in [0.717, 1.165) is 16.1 Å². The van der Waals surface area contributed by atoms with Gasteiger partial charge >= 0.3 is 0 Å². The van der Waals surface area contributed by atoms with Crippen LogP contribution in [0.4, 0.5) is 5.69 Å². The van der Waals surface area contributed by atoms with E-state index in [9.17, 15) is 18.0 Å². The van der Waals surface area contributed by atoms with Crippen LogP contribution in [0.15, 0.2) is 53.0 Å². The summed E-state index contributed by atoms with van der Waals surface area (Å²) in [5.41, 5.74) is 1.07. The summed E-state index contributed by atoms with van der Waals surface area (Å²) in [6.07, 6.45) is 1.04. The maximum absolute atomic E-state index is 13.3. The number of anilines is 1. The van der Waals surface area contributed by atoms with E-state index in [2.05, 4.69) is 21.2 Å². The second-order valence-electron chi connectivity index (χ2n) is 6.97. The molecule has 2 aromatic rings. The minimum absolute atomic E-state index is 0.105. The molecule has 0 bridgehead atoms. The molecule has 1 atom stereocenters. The molecule has 0 aromatic heterocycles. The summed E-state index contributed by atoms with van der Waals surface area (Å²) in [6.45, 7) is 3.47. The number of likely N-dealkylation sites (N-methyl/N-ethyl adjacent to an activating group) is 1. The molecule has 168 valence electrons. The van der Waals surface area contributed by atoms with Gasteiger partial charge in [0.2, 0.25) is 21.8 Å². The van der Waals surface area contributed by atoms with Crippen LogP contribution in [-0.2, 0) is 26.2 Å². The number of halogens is 2. The maximum atomic E-state index is 13.3. The molecule has 0 radical (unpaired) electrons. The van der Waals surface area contributed by atoms with Crippen LogP contribution in [0.25, 0.3) is 0 Å². The van der Waals surface area contributed by atoms with Crippen LogP contribution in [0.1, 0.15) is 19.4 Å². The van der Waals surface area contributed by atoms with E-state index < -0.39 is 28.5 Å². The number of hydrogen-bond donors (Lipinski definition) is 1. The lowest BCUT2D eigenvalue weighted by Crippen LogP contribution is -2.51. The molecule has 7 nitrogen and oxygen atoms in total. The summed E-state index contributed by atoms with van der Waals surface area (Å²) in [6, 6.07) is 12.8. The highest BCUT2D eigenvalue weighted by Crippen LogP contribution is 2.23. The number of hydrogen-bond acceptors (Lipinski definition) is 4. The first-order valence-electron chi connectivity index (χ1n) is 9.57. The molecule has 0 heterocycles. The Morgan fingerprint density at radius 2 is 1.84 bits per heavy atom. The van der Waals surface area contributed by atoms with Crippen LogP contribution in [0.2, 0.25) is 5.02 Å². The van der Waals surface area contributed by atoms with Crippen LogP contribution in [0, 0.1) is 0 Å². The molecular weight excluding hydrogens is 506 g/mol. The summed E-state index contributed by atoms with van der Waals surface area (Å²) in [5, 5.41) is 3.21. The SMILES string of the molecule is CCNC(=O)[C@H](C)N(Cc1cccc(Cl)c1)C(=O)CN(c1cccc(Br)c1)S(C)(=O)=O. The highest BCUT2D eigenvalue weighted by atomic mass is 79.9. The topological polar surface area (TPSA) is 86.8 Å². The highest BCUT2D eigenvalue weighted by Gasteiger charge is 2.30. The third-order valence-electron chi connectivity index (χ3n) is 4.54. The van der Waals surface area contributed by atoms with Gasteiger partial charge in [0.15, 0.2) is 0 Å². The van der Waals surface area contributed by atoms with Crippen molar-refractivity contribution in [3.05, 3.63) is 63.6 Å². The third-order valence-corrected chi connectivity index (χ3v) is 6.40. The van der Waals surface area contributed by atoms with Gasteiger partial charge in [-0.05, 0) is 49.7 Å². The number of nitrogens with zero attached hydrogens (tertiary/aromatic N) is 2. The molecule has 0 unspecified atom stereocenters. The molecule has 0 fully saturated rings. The molecule has 0 aliphatic heterocycles. The Bertz CT molecular complexity index is 1050. The number of benzene rings is 2. The zero-order chi connectivity index (χ0) is 23.2. The zero-order valence-electron chi connectivity index (χ0n) is 17.5. The van der Waals surface area contributed by atoms with Crippen molar-refractivity contribution in [1.82, 2.24) is 10.2 Å². The normalized spacial score (nSPS) is 12.2. The third kappa shape index (κ3) is 7.22. The Morgan fingerprint density at radius 1 is 1.16 bits per heavy atom. The first-order chi connectivity index (χ1) is 14.5. The van der Waals surface area contributed by atoms with Gasteiger partial charge in [-0.25, -0.2) is 8.42 Å². The average molecular weight is 531 g/mol. The summed E-state index contributed by atoms with van der Waals surface area (Å²) >= 11 is 9.38. The van der Waals surface area contributed by atoms with Crippen molar-refractivity contribution < 1.29 is 18.0 Å². The molecule has 10 heteroatoms. The van der Waals surface area contributed by atoms with Crippen molar-refractivity contribution in [2.24, 2.45) is 0 Å². The van der Waals surface area contributed by atoms with Crippen molar-refractivity contribution in [3.8, 4) is 0 Å². The van der Waals surface area contributed by atoms with E-state index in [1.165, 1.54) is 4.90 Å². The number of carbonyl (C=O) groups excluding carboxylic acids is 2. The minimum Gasteiger partial charge on any atom is -0.355 e. The van der Waals surface area contributed by atoms with Crippen molar-refractivity contribution in [1.29, 1.82) is 0 Å². The molecule has 0 saturated carbocycles. The first kappa shape index (κ1) is 25.2. The summed E-state index contributed by atoms with van der Waals surface area (Å²) in [7, 11) is -3.76. The fourth-order valence-corrected chi connectivity index (χ4v) is 4.42. The van der Waals surface area contributed by atoms with Crippen LogP contribution >= 0.6 is 27.5 Å². The van der Waals surface area contributed by atoms with Gasteiger partial charge in [-0.2, -0.15) is 0 Å². The van der Waals surface area contributed by atoms with Crippen LogP contribution in [-0.4, -0.2) is 50.5 Å². The van der Waals surface area contributed by atoms with Crippen LogP contribution in [0.3, 0.4) is 0 Å². The first-order valence-corrected chi connectivity index (χ1v) is 12.6. The van der Waals surface area contributed by atoms with E-state index >= 15 is 0 Å². The monoisotopic (exact) mass is 529 g/mol. The van der Waals surface area contributed by atoms with Gasteiger partial charge in [0, 0.05) is 22.6 Å². The Kier molecular flexibility index (Phi) is 8.90. The Morgan fingerprint density at radius 3 is 2.42 bits per heavy atom. The molecule has 0 aliphatic rings. The van der Waals surface area contributed by atoms with Crippen LogP contribution < -0.4 is 9.62 Å². The quantitative estimate of drug-likeness (QED) is 0.538. The fourth-order valence-electron chi connectivity index (χ4n) is 2.98. The number of sulfonamides is 1. The molecule has 2 rings (SSSR count). The summed E-state index contributed by atoms with van der Waals surface area (Å²) in [5.74, 6) is -0.838. The number of amides is 2. The molecule has 1 N–H and O–H groups in total. The lowest BCUT2D eigenvalue weighted by atomic mass is 10.1. The largest absolute Gasteiger partial charge is 0.355 e. The number of carbonyl (C=O) groups is 2. The van der Waals surface area contributed by atoms with Crippen molar-refractivity contribution >= 4 is 55.1 Å². The average Bonchev–Trinajstić information content (AvgIpc) is 2.69. The summed E-state index contributed by atoms with van der Waals surface area (Å²) < 4.78 is 26.6. The van der Waals surface area contributed by atoms with E-state index in [0.29, 0.717) is 21.7 Å². The van der Waals surface area contributed by atoms with E-state index in [-0.39, 0.29) is 12.5 Å². The lowest BCUT2D eigenvalue weighted by molar-refractivity contribution is -0.139. The Labute approximate surface area is 196 Å². The van der Waals surface area contributed by atoms with Gasteiger partial charge in [-0.3, -0.25) is 13.9 Å². The Balaban J connectivity index is 2.38. The molecule has 0 spiro atoms. The van der Waals surface area contributed by atoms with E-state index in [1.807, 2.05) is 0 Å².